The van der Waals surface area contributed by atoms with E-state index in [1.807, 2.05) is 16.7 Å². The number of furan rings is 1. The quantitative estimate of drug-likeness (QED) is 0.842. The number of nitrogens with zero attached hydrogens (tertiary/aromatic N) is 2. The molecule has 22 heavy (non-hydrogen) atoms. The molecule has 0 aromatic carbocycles. The van der Waals surface area contributed by atoms with Crippen LogP contribution in [0.4, 0.5) is 0 Å². The molecule has 120 valence electrons. The average Bonchev–Trinajstić information content (AvgIpc) is 3.10. The smallest absolute Gasteiger partial charge is 0.257 e. The van der Waals surface area contributed by atoms with Gasteiger partial charge >= 0.3 is 0 Å². The van der Waals surface area contributed by atoms with Crippen molar-refractivity contribution in [1.29, 1.82) is 0 Å². The van der Waals surface area contributed by atoms with Crippen LogP contribution < -0.4 is 0 Å². The predicted molar refractivity (Wildman–Crippen MR) is 79.6 cm³/mol. The molecule has 2 amide bonds. The van der Waals surface area contributed by atoms with Crippen LogP contribution in [0.15, 0.2) is 10.5 Å². The van der Waals surface area contributed by atoms with E-state index in [9.17, 15) is 9.59 Å². The first kappa shape index (κ1) is 15.1. The summed E-state index contributed by atoms with van der Waals surface area (Å²) in [5.41, 5.74) is 0.612. The highest BCUT2D eigenvalue weighted by Gasteiger charge is 2.48. The van der Waals surface area contributed by atoms with Crippen LogP contribution in [0.3, 0.4) is 0 Å². The van der Waals surface area contributed by atoms with Gasteiger partial charge in [-0.05, 0) is 26.3 Å². The molecule has 0 bridgehead atoms. The third-order valence-corrected chi connectivity index (χ3v) is 4.68. The van der Waals surface area contributed by atoms with Crippen molar-refractivity contribution >= 4 is 11.8 Å². The van der Waals surface area contributed by atoms with E-state index >= 15 is 0 Å². The molecule has 1 aromatic rings. The molecule has 2 saturated heterocycles. The van der Waals surface area contributed by atoms with Crippen molar-refractivity contribution in [2.75, 3.05) is 26.8 Å². The van der Waals surface area contributed by atoms with Crippen LogP contribution in [0.2, 0.25) is 0 Å². The number of carbonyl (C=O) groups is 2. The van der Waals surface area contributed by atoms with Crippen molar-refractivity contribution in [1.82, 2.24) is 9.80 Å². The van der Waals surface area contributed by atoms with Gasteiger partial charge in [0, 0.05) is 26.6 Å². The van der Waals surface area contributed by atoms with Gasteiger partial charge in [-0.1, -0.05) is 0 Å². The lowest BCUT2D eigenvalue weighted by Gasteiger charge is -2.25. The summed E-state index contributed by atoms with van der Waals surface area (Å²) in [5.74, 6) is 1.47. The van der Waals surface area contributed by atoms with E-state index in [1.165, 1.54) is 0 Å². The minimum absolute atomic E-state index is 0.0218. The van der Waals surface area contributed by atoms with E-state index in [0.29, 0.717) is 37.4 Å². The molecule has 0 N–H and O–H groups in total. The fraction of sp³-hybridized carbons (Fsp3) is 0.625. The molecule has 0 radical (unpaired) electrons. The van der Waals surface area contributed by atoms with Crippen molar-refractivity contribution in [3.05, 3.63) is 23.2 Å². The van der Waals surface area contributed by atoms with Crippen LogP contribution in [-0.2, 0) is 9.53 Å². The van der Waals surface area contributed by atoms with Gasteiger partial charge in [-0.15, -0.1) is 0 Å². The predicted octanol–water partition coefficient (Wildman–Crippen LogP) is 1.36. The fourth-order valence-electron chi connectivity index (χ4n) is 3.66. The van der Waals surface area contributed by atoms with Gasteiger partial charge in [-0.3, -0.25) is 9.59 Å². The van der Waals surface area contributed by atoms with Gasteiger partial charge in [0.2, 0.25) is 5.91 Å². The van der Waals surface area contributed by atoms with Crippen molar-refractivity contribution in [3.63, 3.8) is 0 Å². The third kappa shape index (κ3) is 2.41. The molecule has 0 saturated carbocycles. The van der Waals surface area contributed by atoms with Gasteiger partial charge in [0.25, 0.3) is 5.91 Å². The summed E-state index contributed by atoms with van der Waals surface area (Å²) in [6, 6.07) is 1.89. The Kier molecular flexibility index (Phi) is 3.95. The Labute approximate surface area is 130 Å². The molecule has 3 heterocycles. The number of likely N-dealkylation sites (tertiary alicyclic amines) is 2. The molecular weight excluding hydrogens is 284 g/mol. The first-order chi connectivity index (χ1) is 10.5. The summed E-state index contributed by atoms with van der Waals surface area (Å²) in [5, 5.41) is 0. The largest absolute Gasteiger partial charge is 0.466 e. The van der Waals surface area contributed by atoms with Crippen molar-refractivity contribution in [3.8, 4) is 0 Å². The molecule has 0 spiro atoms. The van der Waals surface area contributed by atoms with E-state index in [4.69, 9.17) is 9.15 Å². The summed E-state index contributed by atoms with van der Waals surface area (Å²) < 4.78 is 10.5. The zero-order valence-corrected chi connectivity index (χ0v) is 13.3. The highest BCUT2D eigenvalue weighted by Crippen LogP contribution is 2.33. The number of amides is 2. The van der Waals surface area contributed by atoms with E-state index in [1.54, 1.807) is 20.1 Å². The highest BCUT2D eigenvalue weighted by molar-refractivity contribution is 5.96. The van der Waals surface area contributed by atoms with Crippen LogP contribution >= 0.6 is 0 Å². The van der Waals surface area contributed by atoms with Crippen molar-refractivity contribution < 1.29 is 18.7 Å². The molecular formula is C16H22N2O4. The number of hydrogen-bond acceptors (Lipinski definition) is 4. The number of fused-ring (bicyclic) bond motifs is 1. The normalized spacial score (nSPS) is 24.2. The summed E-state index contributed by atoms with van der Waals surface area (Å²) in [6.07, 6.45) is 1.25. The highest BCUT2D eigenvalue weighted by atomic mass is 16.5. The molecule has 2 aliphatic rings. The maximum absolute atomic E-state index is 12.8. The maximum Gasteiger partial charge on any atom is 0.257 e. The monoisotopic (exact) mass is 306 g/mol. The second kappa shape index (κ2) is 5.76. The second-order valence-electron chi connectivity index (χ2n) is 6.03. The summed E-state index contributed by atoms with van der Waals surface area (Å²) in [6.45, 7) is 5.46. The number of hydrogen-bond donors (Lipinski definition) is 0. The lowest BCUT2D eigenvalue weighted by molar-refractivity contribution is -0.129. The molecule has 2 atom stereocenters. The number of rotatable bonds is 4. The average molecular weight is 306 g/mol. The Hall–Kier alpha value is -1.82. The van der Waals surface area contributed by atoms with Crippen LogP contribution in [0, 0.1) is 13.8 Å². The Morgan fingerprint density at radius 3 is 2.82 bits per heavy atom. The minimum Gasteiger partial charge on any atom is -0.466 e. The molecule has 0 aliphatic carbocycles. The van der Waals surface area contributed by atoms with Gasteiger partial charge < -0.3 is 19.0 Å². The Morgan fingerprint density at radius 1 is 1.41 bits per heavy atom. The van der Waals surface area contributed by atoms with Crippen molar-refractivity contribution in [2.45, 2.75) is 38.8 Å². The second-order valence-corrected chi connectivity index (χ2v) is 6.03. The molecule has 6 nitrogen and oxygen atoms in total. The van der Waals surface area contributed by atoms with E-state index < -0.39 is 0 Å². The SMILES string of the molecule is COCCN1C(=O)C[C@H]2[C@H]1CCN2C(=O)c1cc(C)oc1C. The summed E-state index contributed by atoms with van der Waals surface area (Å²) >= 11 is 0. The lowest BCUT2D eigenvalue weighted by Crippen LogP contribution is -2.40. The standard InChI is InChI=1S/C16H22N2O4/c1-10-8-12(11(2)22-10)16(20)18-5-4-13-14(18)9-15(19)17(13)6-7-21-3/h8,13-14H,4-7,9H2,1-3H3/t13-,14+/m1/s1. The van der Waals surface area contributed by atoms with Crippen LogP contribution in [0.25, 0.3) is 0 Å². The van der Waals surface area contributed by atoms with Crippen LogP contribution in [-0.4, -0.2) is 60.5 Å². The molecule has 0 unspecified atom stereocenters. The fourth-order valence-corrected chi connectivity index (χ4v) is 3.66. The third-order valence-electron chi connectivity index (χ3n) is 4.68. The van der Waals surface area contributed by atoms with Crippen LogP contribution in [0.5, 0.6) is 0 Å². The maximum atomic E-state index is 12.8. The zero-order valence-electron chi connectivity index (χ0n) is 13.3. The zero-order chi connectivity index (χ0) is 15.9. The van der Waals surface area contributed by atoms with Gasteiger partial charge in [0.15, 0.2) is 0 Å². The van der Waals surface area contributed by atoms with Gasteiger partial charge in [-0.25, -0.2) is 0 Å². The Balaban J connectivity index is 1.77. The minimum atomic E-state index is -0.0248. The molecule has 2 fully saturated rings. The van der Waals surface area contributed by atoms with Crippen LogP contribution in [0.1, 0.15) is 34.7 Å². The topological polar surface area (TPSA) is 63.0 Å². The first-order valence-corrected chi connectivity index (χ1v) is 7.69. The van der Waals surface area contributed by atoms with Crippen molar-refractivity contribution in [2.24, 2.45) is 0 Å². The Bertz CT molecular complexity index is 595. The Morgan fingerprint density at radius 2 is 2.18 bits per heavy atom. The molecule has 1 aromatic heterocycles. The first-order valence-electron chi connectivity index (χ1n) is 7.69. The summed E-state index contributed by atoms with van der Waals surface area (Å²) in [4.78, 5) is 28.7. The number of carbonyl (C=O) groups excluding carboxylic acids is 2. The number of ether oxygens (including phenoxy) is 1. The lowest BCUT2D eigenvalue weighted by atomic mass is 10.1. The van der Waals surface area contributed by atoms with E-state index in [2.05, 4.69) is 0 Å². The van der Waals surface area contributed by atoms with E-state index in [-0.39, 0.29) is 23.9 Å². The van der Waals surface area contributed by atoms with Gasteiger partial charge in [0.05, 0.1) is 24.3 Å². The van der Waals surface area contributed by atoms with Gasteiger partial charge in [0.1, 0.15) is 11.5 Å². The molecule has 3 rings (SSSR count). The van der Waals surface area contributed by atoms with Gasteiger partial charge in [-0.2, -0.15) is 0 Å². The number of methoxy groups -OCH3 is 1. The number of aryl methyl sites for hydroxylation is 2. The summed E-state index contributed by atoms with van der Waals surface area (Å²) in [7, 11) is 1.63. The van der Waals surface area contributed by atoms with E-state index in [0.717, 1.165) is 12.2 Å². The molecule has 2 aliphatic heterocycles. The molecule has 6 heteroatoms.